The Morgan fingerprint density at radius 3 is 2.50 bits per heavy atom. The first kappa shape index (κ1) is 11.5. The minimum Gasteiger partial charge on any atom is -0.259 e. The fraction of sp³-hybridized carbons (Fsp3) is 1.00. The van der Waals surface area contributed by atoms with Crippen LogP contribution in [0.5, 0.6) is 0 Å². The molecule has 0 fully saturated rings. The fourth-order valence-corrected chi connectivity index (χ4v) is 1.91. The predicted molar refractivity (Wildman–Crippen MR) is 51.3 cm³/mol. The lowest BCUT2D eigenvalue weighted by Crippen LogP contribution is -2.20. The van der Waals surface area contributed by atoms with Crippen molar-refractivity contribution in [3.63, 3.8) is 0 Å². The van der Waals surface area contributed by atoms with Crippen molar-refractivity contribution in [2.24, 2.45) is 11.0 Å². The summed E-state index contributed by atoms with van der Waals surface area (Å²) in [7, 11) is -0.861. The summed E-state index contributed by atoms with van der Waals surface area (Å²) in [4.78, 5) is 2.60. The van der Waals surface area contributed by atoms with Crippen LogP contribution >= 0.6 is 0 Å². The predicted octanol–water partition coefficient (Wildman–Crippen LogP) is 2.09. The van der Waals surface area contributed by atoms with Crippen LogP contribution in [0.25, 0.3) is 10.4 Å². The summed E-state index contributed by atoms with van der Waals surface area (Å²) in [6.45, 7) is 6.36. The van der Waals surface area contributed by atoms with E-state index in [1.54, 1.807) is 0 Å². The maximum atomic E-state index is 11.4. The van der Waals surface area contributed by atoms with E-state index in [2.05, 4.69) is 10.0 Å². The van der Waals surface area contributed by atoms with Gasteiger partial charge in [-0.25, -0.2) is 0 Å². The highest BCUT2D eigenvalue weighted by molar-refractivity contribution is 7.85. The molecule has 4 nitrogen and oxygen atoms in total. The van der Waals surface area contributed by atoms with Gasteiger partial charge < -0.3 is 0 Å². The zero-order valence-electron chi connectivity index (χ0n) is 7.73. The van der Waals surface area contributed by atoms with Crippen LogP contribution in [0.15, 0.2) is 5.11 Å². The van der Waals surface area contributed by atoms with Gasteiger partial charge in [0.05, 0.1) is 0 Å². The molecule has 2 atom stereocenters. The molecule has 0 radical (unpaired) electrons. The molecule has 0 aliphatic rings. The van der Waals surface area contributed by atoms with Crippen LogP contribution in [0, 0.1) is 5.92 Å². The highest BCUT2D eigenvalue weighted by atomic mass is 32.2. The van der Waals surface area contributed by atoms with Crippen molar-refractivity contribution in [2.45, 2.75) is 26.0 Å². The molecule has 0 heterocycles. The molecule has 0 aromatic rings. The van der Waals surface area contributed by atoms with Crippen LogP contribution in [0.4, 0.5) is 0 Å². The Bertz CT molecular complexity index is 199. The first-order chi connectivity index (χ1) is 5.59. The van der Waals surface area contributed by atoms with Gasteiger partial charge in [-0.05, 0) is 11.4 Å². The zero-order valence-corrected chi connectivity index (χ0v) is 8.54. The number of hydrogen-bond acceptors (Lipinski definition) is 2. The summed E-state index contributed by atoms with van der Waals surface area (Å²) in [5.41, 5.74) is 7.99. The van der Waals surface area contributed by atoms with E-state index in [1.807, 2.05) is 20.8 Å². The van der Waals surface area contributed by atoms with Gasteiger partial charge in [-0.1, -0.05) is 25.9 Å². The molecule has 0 aliphatic heterocycles. The molecule has 0 aromatic heterocycles. The van der Waals surface area contributed by atoms with Crippen LogP contribution in [-0.2, 0) is 10.8 Å². The molecule has 0 amide bonds. The largest absolute Gasteiger partial charge is 0.259 e. The summed E-state index contributed by atoms with van der Waals surface area (Å²) < 4.78 is 11.4. The van der Waals surface area contributed by atoms with Crippen LogP contribution in [0.1, 0.15) is 20.8 Å². The first-order valence-electron chi connectivity index (χ1n) is 3.97. The molecule has 0 aliphatic carbocycles. The van der Waals surface area contributed by atoms with Gasteiger partial charge in [-0.2, -0.15) is 0 Å². The summed E-state index contributed by atoms with van der Waals surface area (Å²) in [6, 6.07) is 0. The quantitative estimate of drug-likeness (QED) is 0.371. The summed E-state index contributed by atoms with van der Waals surface area (Å²) >= 11 is 0. The summed E-state index contributed by atoms with van der Waals surface area (Å²) in [5.74, 6) is 0.889. The molecule has 0 spiro atoms. The second-order valence-electron chi connectivity index (χ2n) is 2.99. The van der Waals surface area contributed by atoms with E-state index in [9.17, 15) is 4.21 Å². The smallest absolute Gasteiger partial charge is 0.0373 e. The van der Waals surface area contributed by atoms with Gasteiger partial charge in [0.25, 0.3) is 0 Å². The Morgan fingerprint density at radius 1 is 1.50 bits per heavy atom. The van der Waals surface area contributed by atoms with Crippen molar-refractivity contribution in [3.05, 3.63) is 10.4 Å². The normalized spacial score (nSPS) is 15.3. The zero-order chi connectivity index (χ0) is 9.56. The van der Waals surface area contributed by atoms with Crippen LogP contribution in [0.2, 0.25) is 0 Å². The standard InChI is InChI=1S/C7H15N3OS/c1-6(2)7(3)12(11)5-4-9-10-8/h6-7H,4-5H2,1-3H3. The second-order valence-corrected chi connectivity index (χ2v) is 4.90. The number of hydrogen-bond donors (Lipinski definition) is 0. The fourth-order valence-electron chi connectivity index (χ4n) is 0.665. The molecular weight excluding hydrogens is 174 g/mol. The van der Waals surface area contributed by atoms with Crippen molar-refractivity contribution in [3.8, 4) is 0 Å². The van der Waals surface area contributed by atoms with Gasteiger partial charge >= 0.3 is 0 Å². The molecule has 0 saturated heterocycles. The Balaban J connectivity index is 3.79. The molecule has 12 heavy (non-hydrogen) atoms. The third-order valence-electron chi connectivity index (χ3n) is 1.81. The second kappa shape index (κ2) is 6.03. The van der Waals surface area contributed by atoms with Crippen molar-refractivity contribution in [1.82, 2.24) is 0 Å². The van der Waals surface area contributed by atoms with Crippen molar-refractivity contribution < 1.29 is 4.21 Å². The average Bonchev–Trinajstić information content (AvgIpc) is 2.03. The van der Waals surface area contributed by atoms with E-state index < -0.39 is 10.8 Å². The number of azide groups is 1. The minimum absolute atomic E-state index is 0.180. The van der Waals surface area contributed by atoms with E-state index in [0.29, 0.717) is 18.2 Å². The van der Waals surface area contributed by atoms with Gasteiger partial charge in [-0.3, -0.25) is 4.21 Å². The lowest BCUT2D eigenvalue weighted by atomic mass is 10.2. The molecular formula is C7H15N3OS. The van der Waals surface area contributed by atoms with E-state index in [-0.39, 0.29) is 5.25 Å². The van der Waals surface area contributed by atoms with Gasteiger partial charge in [0.1, 0.15) is 0 Å². The van der Waals surface area contributed by atoms with Gasteiger partial charge in [0, 0.05) is 33.3 Å². The summed E-state index contributed by atoms with van der Waals surface area (Å²) in [5, 5.41) is 3.52. The Hall–Kier alpha value is -0.540. The van der Waals surface area contributed by atoms with Gasteiger partial charge in [0.2, 0.25) is 0 Å². The molecule has 0 N–H and O–H groups in total. The minimum atomic E-state index is -0.861. The highest BCUT2D eigenvalue weighted by Gasteiger charge is 2.13. The SMILES string of the molecule is CC(C)C(C)S(=O)CCN=[N+]=[N-]. The molecule has 0 bridgehead atoms. The van der Waals surface area contributed by atoms with E-state index in [0.717, 1.165) is 0 Å². The molecule has 70 valence electrons. The molecule has 0 rings (SSSR count). The maximum absolute atomic E-state index is 11.4. The number of rotatable bonds is 5. The Labute approximate surface area is 75.4 Å². The summed E-state index contributed by atoms with van der Waals surface area (Å²) in [6.07, 6.45) is 0. The Kier molecular flexibility index (Phi) is 5.76. The lowest BCUT2D eigenvalue weighted by molar-refractivity contribution is 0.605. The third-order valence-corrected chi connectivity index (χ3v) is 3.77. The maximum Gasteiger partial charge on any atom is 0.0373 e. The topological polar surface area (TPSA) is 65.8 Å². The Morgan fingerprint density at radius 2 is 2.08 bits per heavy atom. The monoisotopic (exact) mass is 189 g/mol. The van der Waals surface area contributed by atoms with Gasteiger partial charge in [-0.15, -0.1) is 0 Å². The van der Waals surface area contributed by atoms with Crippen molar-refractivity contribution in [2.75, 3.05) is 12.3 Å². The van der Waals surface area contributed by atoms with Crippen LogP contribution in [-0.4, -0.2) is 21.8 Å². The molecule has 0 aromatic carbocycles. The van der Waals surface area contributed by atoms with E-state index >= 15 is 0 Å². The van der Waals surface area contributed by atoms with E-state index in [4.69, 9.17) is 5.53 Å². The average molecular weight is 189 g/mol. The van der Waals surface area contributed by atoms with Crippen LogP contribution in [0.3, 0.4) is 0 Å². The molecule has 5 heteroatoms. The number of nitrogens with zero attached hydrogens (tertiary/aromatic N) is 3. The van der Waals surface area contributed by atoms with Crippen molar-refractivity contribution in [1.29, 1.82) is 0 Å². The van der Waals surface area contributed by atoms with Crippen molar-refractivity contribution >= 4 is 10.8 Å². The van der Waals surface area contributed by atoms with E-state index in [1.165, 1.54) is 0 Å². The first-order valence-corrected chi connectivity index (χ1v) is 5.35. The molecule has 2 unspecified atom stereocenters. The molecule has 0 saturated carbocycles. The van der Waals surface area contributed by atoms with Crippen LogP contribution < -0.4 is 0 Å². The third kappa shape index (κ3) is 4.36. The highest BCUT2D eigenvalue weighted by Crippen LogP contribution is 2.08. The lowest BCUT2D eigenvalue weighted by Gasteiger charge is -2.13. The van der Waals surface area contributed by atoms with Gasteiger partial charge in [0.15, 0.2) is 0 Å².